The monoisotopic (exact) mass is 380 g/mol. The molecule has 24 heavy (non-hydrogen) atoms. The van der Waals surface area contributed by atoms with Crippen molar-refractivity contribution in [2.75, 3.05) is 4.72 Å². The number of anilines is 1. The van der Waals surface area contributed by atoms with E-state index in [-0.39, 0.29) is 5.92 Å². The number of rotatable bonds is 6. The summed E-state index contributed by atoms with van der Waals surface area (Å²) < 4.78 is 32.4. The first-order valence-corrected chi connectivity index (χ1v) is 10.4. The lowest BCUT2D eigenvalue weighted by Gasteiger charge is -2.09. The van der Waals surface area contributed by atoms with Gasteiger partial charge in [0.15, 0.2) is 0 Å². The highest BCUT2D eigenvalue weighted by molar-refractivity contribution is 7.87. The maximum absolute atomic E-state index is 10.8. The predicted molar refractivity (Wildman–Crippen MR) is 99.2 cm³/mol. The van der Waals surface area contributed by atoms with Crippen molar-refractivity contribution in [3.05, 3.63) is 58.4 Å². The van der Waals surface area contributed by atoms with Crippen molar-refractivity contribution in [1.82, 2.24) is 4.98 Å². The zero-order valence-corrected chi connectivity index (χ0v) is 15.3. The SMILES string of the molecule is CC(Cc1ccc(NS(=O)(=O)O)cc1)c1csc(-c2cccs2)n1. The second-order valence-electron chi connectivity index (χ2n) is 5.43. The number of nitrogens with zero attached hydrogens (tertiary/aromatic N) is 1. The molecule has 3 rings (SSSR count). The molecule has 0 bridgehead atoms. The van der Waals surface area contributed by atoms with Crippen LogP contribution in [0.1, 0.15) is 24.1 Å². The van der Waals surface area contributed by atoms with Gasteiger partial charge in [0.25, 0.3) is 0 Å². The summed E-state index contributed by atoms with van der Waals surface area (Å²) >= 11 is 3.33. The summed E-state index contributed by atoms with van der Waals surface area (Å²) in [6.07, 6.45) is 0.805. The quantitative estimate of drug-likeness (QED) is 0.620. The highest BCUT2D eigenvalue weighted by Crippen LogP contribution is 2.31. The van der Waals surface area contributed by atoms with Gasteiger partial charge in [-0.05, 0) is 35.6 Å². The highest BCUT2D eigenvalue weighted by atomic mass is 32.2. The first-order valence-electron chi connectivity index (χ1n) is 7.24. The van der Waals surface area contributed by atoms with E-state index in [1.165, 1.54) is 4.88 Å². The van der Waals surface area contributed by atoms with Gasteiger partial charge >= 0.3 is 10.3 Å². The summed E-state index contributed by atoms with van der Waals surface area (Å²) in [4.78, 5) is 5.90. The zero-order valence-electron chi connectivity index (χ0n) is 12.8. The van der Waals surface area contributed by atoms with E-state index < -0.39 is 10.3 Å². The third kappa shape index (κ3) is 4.41. The maximum Gasteiger partial charge on any atom is 0.357 e. The third-order valence-corrected chi connectivity index (χ3v) is 5.89. The average molecular weight is 381 g/mol. The van der Waals surface area contributed by atoms with Crippen LogP contribution in [0.15, 0.2) is 47.2 Å². The van der Waals surface area contributed by atoms with Crippen molar-refractivity contribution in [3.63, 3.8) is 0 Å². The molecule has 1 aromatic carbocycles. The van der Waals surface area contributed by atoms with Gasteiger partial charge in [-0.2, -0.15) is 8.42 Å². The Morgan fingerprint density at radius 2 is 1.96 bits per heavy atom. The van der Waals surface area contributed by atoms with Gasteiger partial charge in [-0.1, -0.05) is 25.1 Å². The van der Waals surface area contributed by atoms with Gasteiger partial charge in [0, 0.05) is 11.3 Å². The van der Waals surface area contributed by atoms with Crippen molar-refractivity contribution in [2.24, 2.45) is 0 Å². The van der Waals surface area contributed by atoms with Gasteiger partial charge < -0.3 is 0 Å². The second kappa shape index (κ2) is 7.02. The molecule has 8 heteroatoms. The topological polar surface area (TPSA) is 79.3 Å². The molecule has 0 aliphatic rings. The van der Waals surface area contributed by atoms with Crippen molar-refractivity contribution < 1.29 is 13.0 Å². The molecule has 0 saturated carbocycles. The normalized spacial score (nSPS) is 12.9. The molecule has 0 aliphatic carbocycles. The number of aromatic nitrogens is 1. The van der Waals surface area contributed by atoms with Crippen LogP contribution in [0.3, 0.4) is 0 Å². The lowest BCUT2D eigenvalue weighted by Crippen LogP contribution is -2.10. The molecule has 5 nitrogen and oxygen atoms in total. The van der Waals surface area contributed by atoms with E-state index >= 15 is 0 Å². The smallest absolute Gasteiger partial charge is 0.269 e. The van der Waals surface area contributed by atoms with Crippen molar-refractivity contribution in [2.45, 2.75) is 19.3 Å². The van der Waals surface area contributed by atoms with Crippen LogP contribution < -0.4 is 4.72 Å². The van der Waals surface area contributed by atoms with E-state index in [4.69, 9.17) is 9.54 Å². The van der Waals surface area contributed by atoms with Gasteiger partial charge in [-0.15, -0.1) is 22.7 Å². The van der Waals surface area contributed by atoms with E-state index in [1.807, 2.05) is 28.3 Å². The van der Waals surface area contributed by atoms with E-state index in [2.05, 4.69) is 18.4 Å². The molecule has 1 unspecified atom stereocenters. The molecule has 0 spiro atoms. The molecule has 2 aromatic heterocycles. The van der Waals surface area contributed by atoms with Crippen LogP contribution in [0.5, 0.6) is 0 Å². The van der Waals surface area contributed by atoms with Crippen LogP contribution in [0.25, 0.3) is 9.88 Å². The third-order valence-electron chi connectivity index (χ3n) is 3.50. The zero-order chi connectivity index (χ0) is 17.2. The maximum atomic E-state index is 10.8. The summed E-state index contributed by atoms with van der Waals surface area (Å²) in [6.45, 7) is 2.12. The van der Waals surface area contributed by atoms with Crippen LogP contribution in [0.2, 0.25) is 0 Å². The lowest BCUT2D eigenvalue weighted by atomic mass is 9.99. The Morgan fingerprint density at radius 3 is 2.58 bits per heavy atom. The van der Waals surface area contributed by atoms with Crippen molar-refractivity contribution in [3.8, 4) is 9.88 Å². The molecule has 3 aromatic rings. The Morgan fingerprint density at radius 1 is 1.21 bits per heavy atom. The van der Waals surface area contributed by atoms with Gasteiger partial charge in [0.1, 0.15) is 5.01 Å². The number of benzene rings is 1. The minimum absolute atomic E-state index is 0.260. The lowest BCUT2D eigenvalue weighted by molar-refractivity contribution is 0.489. The minimum Gasteiger partial charge on any atom is -0.269 e. The number of thiazole rings is 1. The van der Waals surface area contributed by atoms with Crippen molar-refractivity contribution >= 4 is 38.7 Å². The van der Waals surface area contributed by atoms with Crippen LogP contribution in [-0.4, -0.2) is 18.0 Å². The molecule has 0 radical (unpaired) electrons. The van der Waals surface area contributed by atoms with Crippen LogP contribution >= 0.6 is 22.7 Å². The highest BCUT2D eigenvalue weighted by Gasteiger charge is 2.13. The number of hydrogen-bond acceptors (Lipinski definition) is 5. The average Bonchev–Trinajstić information content (AvgIpc) is 3.18. The largest absolute Gasteiger partial charge is 0.357 e. The van der Waals surface area contributed by atoms with Crippen molar-refractivity contribution in [1.29, 1.82) is 0 Å². The minimum atomic E-state index is -4.23. The van der Waals surface area contributed by atoms with Gasteiger partial charge in [0.05, 0.1) is 16.3 Å². The Hall–Kier alpha value is -1.74. The molecule has 2 heterocycles. The van der Waals surface area contributed by atoms with E-state index in [1.54, 1.807) is 34.8 Å². The summed E-state index contributed by atoms with van der Waals surface area (Å²) in [5.74, 6) is 0.260. The molecule has 2 N–H and O–H groups in total. The van der Waals surface area contributed by atoms with Crippen LogP contribution in [-0.2, 0) is 16.7 Å². The summed E-state index contributed by atoms with van der Waals surface area (Å²) in [7, 11) is -4.23. The van der Waals surface area contributed by atoms with E-state index in [0.29, 0.717) is 5.69 Å². The molecular weight excluding hydrogens is 364 g/mol. The summed E-state index contributed by atoms with van der Waals surface area (Å²) in [6, 6.07) is 11.0. The molecule has 0 saturated heterocycles. The fraction of sp³-hybridized carbons (Fsp3) is 0.188. The molecule has 0 aliphatic heterocycles. The van der Waals surface area contributed by atoms with Gasteiger partial charge in [0.2, 0.25) is 0 Å². The Balaban J connectivity index is 1.67. The summed E-state index contributed by atoms with van der Waals surface area (Å²) in [5, 5.41) is 5.18. The number of thiophene rings is 1. The fourth-order valence-corrected chi connectivity index (χ4v) is 4.53. The second-order valence-corrected chi connectivity index (χ2v) is 8.39. The molecule has 1 atom stereocenters. The number of nitrogens with one attached hydrogen (secondary N) is 1. The van der Waals surface area contributed by atoms with Gasteiger partial charge in [-0.3, -0.25) is 9.27 Å². The molecular formula is C16H16N2O3S3. The predicted octanol–water partition coefficient (Wildman–Crippen LogP) is 4.43. The first-order chi connectivity index (χ1) is 11.4. The Bertz CT molecular complexity index is 900. The molecule has 0 amide bonds. The molecule has 0 fully saturated rings. The number of hydrogen-bond donors (Lipinski definition) is 2. The van der Waals surface area contributed by atoms with Crippen LogP contribution in [0.4, 0.5) is 5.69 Å². The van der Waals surface area contributed by atoms with Gasteiger partial charge in [-0.25, -0.2) is 4.98 Å². The fourth-order valence-electron chi connectivity index (χ4n) is 2.34. The van der Waals surface area contributed by atoms with Crippen LogP contribution in [0, 0.1) is 0 Å². The van der Waals surface area contributed by atoms with E-state index in [0.717, 1.165) is 22.7 Å². The first kappa shape index (κ1) is 17.1. The Kier molecular flexibility index (Phi) is 5.00. The summed E-state index contributed by atoms with van der Waals surface area (Å²) in [5.41, 5.74) is 2.47. The standard InChI is InChI=1S/C16H16N2O3S3/c1-11(14-10-23-16(17-14)15-3-2-8-22-15)9-12-4-6-13(7-5-12)18-24(19,20)21/h2-8,10-11,18H,9H2,1H3,(H,19,20,21). The Labute approximate surface area is 148 Å². The molecule has 126 valence electrons. The van der Waals surface area contributed by atoms with E-state index in [9.17, 15) is 8.42 Å².